The molecule has 0 radical (unpaired) electrons. The monoisotopic (exact) mass is 478 g/mol. The maximum absolute atomic E-state index is 15.0. The summed E-state index contributed by atoms with van der Waals surface area (Å²) in [6.45, 7) is 0.966. The van der Waals surface area contributed by atoms with Gasteiger partial charge >= 0.3 is 5.97 Å². The van der Waals surface area contributed by atoms with Gasteiger partial charge in [-0.05, 0) is 31.0 Å². The van der Waals surface area contributed by atoms with Gasteiger partial charge in [0.2, 0.25) is 5.43 Å². The van der Waals surface area contributed by atoms with Crippen LogP contribution in [0.15, 0.2) is 45.9 Å². The number of halogens is 4. The lowest BCUT2D eigenvalue weighted by molar-refractivity contribution is 0.0695. The quantitative estimate of drug-likeness (QED) is 0.594. The minimum Gasteiger partial charge on any atom is -0.477 e. The van der Waals surface area contributed by atoms with Crippen molar-refractivity contribution in [1.29, 1.82) is 0 Å². The molecule has 1 aromatic carbocycles. The van der Waals surface area contributed by atoms with Gasteiger partial charge in [-0.2, -0.15) is 0 Å². The van der Waals surface area contributed by atoms with Crippen LogP contribution >= 0.6 is 11.6 Å². The number of nitrogens with zero attached hydrogens (tertiary/aromatic N) is 3. The smallest absolute Gasteiger partial charge is 0.341 e. The number of benzene rings is 1. The molecule has 0 amide bonds. The number of fused-ring (bicyclic) bond motifs is 1. The van der Waals surface area contributed by atoms with Crippen LogP contribution in [0, 0.1) is 17.5 Å². The Balaban J connectivity index is 1.91. The molecule has 11 heteroatoms. The molecule has 0 atom stereocenters. The second kappa shape index (κ2) is 8.87. The van der Waals surface area contributed by atoms with Gasteiger partial charge < -0.3 is 15.7 Å². The molecular formula is C22H18ClF3N4O3. The molecule has 1 saturated heterocycles. The minimum atomic E-state index is -1.57. The Morgan fingerprint density at radius 1 is 1.15 bits per heavy atom. The fourth-order valence-corrected chi connectivity index (χ4v) is 4.04. The van der Waals surface area contributed by atoms with E-state index in [2.05, 4.69) is 4.98 Å². The number of pyridine rings is 2. The van der Waals surface area contributed by atoms with Gasteiger partial charge in [-0.3, -0.25) is 9.36 Å². The Morgan fingerprint density at radius 3 is 2.45 bits per heavy atom. The Morgan fingerprint density at radius 2 is 1.85 bits per heavy atom. The number of nitrogens with two attached hydrogens (primary N) is 1. The molecule has 3 aromatic rings. The zero-order chi connectivity index (χ0) is 23.9. The third-order valence-corrected chi connectivity index (χ3v) is 5.96. The Kier molecular flexibility index (Phi) is 6.13. The number of hydrogen-bond acceptors (Lipinski definition) is 5. The van der Waals surface area contributed by atoms with Crippen molar-refractivity contribution in [1.82, 2.24) is 9.55 Å². The number of carboxylic acids is 1. The molecule has 0 aliphatic carbocycles. The molecule has 3 heterocycles. The zero-order valence-corrected chi connectivity index (χ0v) is 17.9. The number of carbonyl (C=O) groups is 1. The lowest BCUT2D eigenvalue weighted by Gasteiger charge is -2.30. The highest BCUT2D eigenvalue weighted by Gasteiger charge is 2.24. The SMILES string of the molecule is NCC(Cl)=C1CCN(c2nc3c(cc2F)c(=O)c(C(=O)O)cn3-c2ccc(F)cc2F)CC1. The molecule has 7 nitrogen and oxygen atoms in total. The number of hydrogen-bond donors (Lipinski definition) is 2. The van der Waals surface area contributed by atoms with Crippen LogP contribution in [0.5, 0.6) is 0 Å². The van der Waals surface area contributed by atoms with E-state index in [4.69, 9.17) is 17.3 Å². The highest BCUT2D eigenvalue weighted by molar-refractivity contribution is 6.30. The van der Waals surface area contributed by atoms with Crippen LogP contribution in [0.1, 0.15) is 23.2 Å². The number of carboxylic acid groups (broad SMARTS) is 1. The topological polar surface area (TPSA) is 101 Å². The van der Waals surface area contributed by atoms with Gasteiger partial charge in [0.05, 0.1) is 11.1 Å². The molecule has 2 aromatic heterocycles. The van der Waals surface area contributed by atoms with Crippen LogP contribution < -0.4 is 16.1 Å². The lowest BCUT2D eigenvalue weighted by atomic mass is 10.0. The zero-order valence-electron chi connectivity index (χ0n) is 17.1. The molecule has 1 aliphatic rings. The second-order valence-corrected chi connectivity index (χ2v) is 7.96. The summed E-state index contributed by atoms with van der Waals surface area (Å²) in [4.78, 5) is 30.2. The summed E-state index contributed by atoms with van der Waals surface area (Å²) < 4.78 is 44.0. The van der Waals surface area contributed by atoms with Crippen molar-refractivity contribution in [2.75, 3.05) is 24.5 Å². The van der Waals surface area contributed by atoms with Crippen molar-refractivity contribution in [2.45, 2.75) is 12.8 Å². The highest BCUT2D eigenvalue weighted by atomic mass is 35.5. The largest absolute Gasteiger partial charge is 0.477 e. The number of aromatic carboxylic acids is 1. The van der Waals surface area contributed by atoms with Crippen molar-refractivity contribution in [3.8, 4) is 5.69 Å². The van der Waals surface area contributed by atoms with Crippen molar-refractivity contribution in [3.63, 3.8) is 0 Å². The van der Waals surface area contributed by atoms with Crippen LogP contribution in [-0.4, -0.2) is 40.3 Å². The lowest BCUT2D eigenvalue weighted by Crippen LogP contribution is -2.33. The first-order valence-corrected chi connectivity index (χ1v) is 10.3. The van der Waals surface area contributed by atoms with Crippen LogP contribution in [0.3, 0.4) is 0 Å². The molecular weight excluding hydrogens is 461 g/mol. The maximum Gasteiger partial charge on any atom is 0.341 e. The van der Waals surface area contributed by atoms with Crippen LogP contribution in [-0.2, 0) is 0 Å². The molecule has 0 bridgehead atoms. The third kappa shape index (κ3) is 4.19. The average Bonchev–Trinajstić information content (AvgIpc) is 2.79. The predicted octanol–water partition coefficient (Wildman–Crippen LogP) is 3.55. The molecule has 3 N–H and O–H groups in total. The van der Waals surface area contributed by atoms with Gasteiger partial charge in [0.15, 0.2) is 17.3 Å². The Hall–Kier alpha value is -3.37. The fourth-order valence-electron chi connectivity index (χ4n) is 3.85. The average molecular weight is 479 g/mol. The molecule has 1 aliphatic heterocycles. The highest BCUT2D eigenvalue weighted by Crippen LogP contribution is 2.29. The van der Waals surface area contributed by atoms with Crippen molar-refractivity contribution in [2.24, 2.45) is 5.73 Å². The molecule has 4 rings (SSSR count). The standard InChI is InChI=1S/C22H18ClF3N4O3/c23-15(9-27)11-3-5-29(6-4-11)21-17(26)8-13-19(31)14(22(32)33)10-30(20(13)28-21)18-2-1-12(24)7-16(18)25/h1-2,7-8,10H,3-6,9,27H2,(H,32,33). The van der Waals surface area contributed by atoms with Crippen LogP contribution in [0.25, 0.3) is 16.7 Å². The maximum atomic E-state index is 15.0. The van der Waals surface area contributed by atoms with Gasteiger partial charge in [-0.15, -0.1) is 0 Å². The van der Waals surface area contributed by atoms with E-state index in [0.29, 0.717) is 37.0 Å². The van der Waals surface area contributed by atoms with E-state index in [9.17, 15) is 23.5 Å². The van der Waals surface area contributed by atoms with Crippen molar-refractivity contribution >= 4 is 34.4 Å². The second-order valence-electron chi connectivity index (χ2n) is 7.51. The molecule has 0 spiro atoms. The van der Waals surface area contributed by atoms with E-state index in [1.165, 1.54) is 0 Å². The predicted molar refractivity (Wildman–Crippen MR) is 118 cm³/mol. The first-order valence-electron chi connectivity index (χ1n) is 9.97. The van der Waals surface area contributed by atoms with Gasteiger partial charge in [0, 0.05) is 36.9 Å². The molecule has 1 fully saturated rings. The molecule has 0 unspecified atom stereocenters. The summed E-state index contributed by atoms with van der Waals surface area (Å²) in [7, 11) is 0. The van der Waals surface area contributed by atoms with Gasteiger partial charge in [0.1, 0.15) is 17.2 Å². The summed E-state index contributed by atoms with van der Waals surface area (Å²) in [6.07, 6.45) is 1.97. The first kappa shape index (κ1) is 22.8. The summed E-state index contributed by atoms with van der Waals surface area (Å²) in [6, 6.07) is 3.57. The molecule has 33 heavy (non-hydrogen) atoms. The summed E-state index contributed by atoms with van der Waals surface area (Å²) >= 11 is 6.12. The molecule has 172 valence electrons. The van der Waals surface area contributed by atoms with Gasteiger partial charge in [-0.1, -0.05) is 17.2 Å². The number of anilines is 1. The first-order chi connectivity index (χ1) is 15.7. The van der Waals surface area contributed by atoms with E-state index >= 15 is 4.39 Å². The third-order valence-electron chi connectivity index (χ3n) is 5.54. The number of rotatable bonds is 4. The fraction of sp³-hybridized carbons (Fsp3) is 0.227. The van der Waals surface area contributed by atoms with E-state index < -0.39 is 34.4 Å². The molecule has 0 saturated carbocycles. The van der Waals surface area contributed by atoms with Crippen molar-refractivity contribution < 1.29 is 23.1 Å². The summed E-state index contributed by atoms with van der Waals surface area (Å²) in [5.74, 6) is -4.33. The Labute approximate surface area is 190 Å². The number of piperidine rings is 1. The van der Waals surface area contributed by atoms with Gasteiger partial charge in [-0.25, -0.2) is 22.9 Å². The van der Waals surface area contributed by atoms with Crippen LogP contribution in [0.4, 0.5) is 19.0 Å². The van der Waals surface area contributed by atoms with Crippen molar-refractivity contribution in [3.05, 3.63) is 74.3 Å². The van der Waals surface area contributed by atoms with Crippen LogP contribution in [0.2, 0.25) is 0 Å². The van der Waals surface area contributed by atoms with E-state index in [1.807, 2.05) is 0 Å². The number of aromatic nitrogens is 2. The summed E-state index contributed by atoms with van der Waals surface area (Å²) in [5, 5.41) is 9.63. The summed E-state index contributed by atoms with van der Waals surface area (Å²) in [5.41, 5.74) is 4.47. The Bertz CT molecular complexity index is 1360. The van der Waals surface area contributed by atoms with E-state index in [0.717, 1.165) is 34.5 Å². The minimum absolute atomic E-state index is 0.0795. The van der Waals surface area contributed by atoms with Gasteiger partial charge in [0.25, 0.3) is 0 Å². The van der Waals surface area contributed by atoms with E-state index in [-0.39, 0.29) is 29.1 Å². The van der Waals surface area contributed by atoms with E-state index in [1.54, 1.807) is 4.90 Å². The normalized spacial score (nSPS) is 14.1.